The molecule has 0 radical (unpaired) electrons. The number of hydrogen-bond donors (Lipinski definition) is 2. The van der Waals surface area contributed by atoms with Gasteiger partial charge >= 0.3 is 0 Å². The van der Waals surface area contributed by atoms with Crippen LogP contribution in [-0.2, 0) is 0 Å². The summed E-state index contributed by atoms with van der Waals surface area (Å²) in [6.07, 6.45) is 6.69. The van der Waals surface area contributed by atoms with E-state index in [9.17, 15) is 5.11 Å². The number of aliphatic hydroxyl groups excluding tert-OH is 1. The topological polar surface area (TPSA) is 55.5 Å². The Bertz CT molecular complexity index is 453. The highest BCUT2D eigenvalue weighted by Gasteiger charge is 2.16. The van der Waals surface area contributed by atoms with Gasteiger partial charge in [-0.05, 0) is 60.9 Å². The number of benzene rings is 1. The third-order valence-corrected chi connectivity index (χ3v) is 4.65. The van der Waals surface area contributed by atoms with E-state index in [0.29, 0.717) is 24.8 Å². The highest BCUT2D eigenvalue weighted by Crippen LogP contribution is 2.29. The first kappa shape index (κ1) is 17.3. The van der Waals surface area contributed by atoms with E-state index in [1.807, 2.05) is 6.07 Å². The second-order valence-electron chi connectivity index (χ2n) is 6.90. The van der Waals surface area contributed by atoms with Crippen LogP contribution in [0.2, 0.25) is 0 Å². The summed E-state index contributed by atoms with van der Waals surface area (Å²) in [5.74, 6) is 2.00. The van der Waals surface area contributed by atoms with Gasteiger partial charge in [0.05, 0.1) is 12.7 Å². The van der Waals surface area contributed by atoms with Crippen LogP contribution in [0.4, 0.5) is 0 Å². The Balaban J connectivity index is 2.07. The maximum Gasteiger partial charge on any atom is 0.119 e. The van der Waals surface area contributed by atoms with Gasteiger partial charge in [-0.1, -0.05) is 39.2 Å². The summed E-state index contributed by atoms with van der Waals surface area (Å²) in [5, 5.41) is 10.2. The summed E-state index contributed by atoms with van der Waals surface area (Å²) in [4.78, 5) is 0. The molecule has 1 saturated carbocycles. The molecule has 1 aromatic rings. The Morgan fingerprint density at radius 2 is 1.82 bits per heavy atom. The van der Waals surface area contributed by atoms with E-state index in [2.05, 4.69) is 26.0 Å². The number of aliphatic hydroxyl groups is 1. The fourth-order valence-corrected chi connectivity index (χ4v) is 3.15. The van der Waals surface area contributed by atoms with Crippen molar-refractivity contribution in [2.75, 3.05) is 13.2 Å². The lowest BCUT2D eigenvalue weighted by Crippen LogP contribution is -2.15. The number of nitrogens with two attached hydrogens (primary N) is 1. The molecule has 1 unspecified atom stereocenters. The number of hydrogen-bond acceptors (Lipinski definition) is 3. The van der Waals surface area contributed by atoms with Gasteiger partial charge in [0.15, 0.2) is 0 Å². The van der Waals surface area contributed by atoms with Crippen LogP contribution in [0.25, 0.3) is 0 Å². The molecule has 1 aliphatic rings. The lowest BCUT2D eigenvalue weighted by Gasteiger charge is -2.22. The van der Waals surface area contributed by atoms with Gasteiger partial charge in [0.25, 0.3) is 0 Å². The molecule has 1 aromatic carbocycles. The van der Waals surface area contributed by atoms with Crippen molar-refractivity contribution in [1.82, 2.24) is 0 Å². The molecular formula is C19H31NO2. The van der Waals surface area contributed by atoms with Crippen molar-refractivity contribution in [3.8, 4) is 5.75 Å². The molecule has 3 N–H and O–H groups in total. The third kappa shape index (κ3) is 4.99. The molecule has 0 aromatic heterocycles. The van der Waals surface area contributed by atoms with Crippen LogP contribution < -0.4 is 10.5 Å². The van der Waals surface area contributed by atoms with Crippen LogP contribution in [0.3, 0.4) is 0 Å². The minimum atomic E-state index is -0.499. The minimum absolute atomic E-state index is 0.419. The molecule has 0 saturated heterocycles. The van der Waals surface area contributed by atoms with Gasteiger partial charge in [-0.15, -0.1) is 0 Å². The number of rotatable bonds is 7. The fourth-order valence-electron chi connectivity index (χ4n) is 3.15. The maximum atomic E-state index is 10.2. The molecule has 124 valence electrons. The standard InChI is InChI=1S/C19H31NO2/c1-14(2)16-10-17(19(21)8-9-20)12-18(11-16)22-13-15-6-4-3-5-7-15/h10-12,14-15,19,21H,3-9,13,20H2,1-2H3. The molecule has 1 fully saturated rings. The summed E-state index contributed by atoms with van der Waals surface area (Å²) in [5.41, 5.74) is 7.71. The van der Waals surface area contributed by atoms with E-state index in [1.165, 1.54) is 37.7 Å². The van der Waals surface area contributed by atoms with Gasteiger partial charge in [-0.25, -0.2) is 0 Å². The Kier molecular flexibility index (Phi) is 6.71. The molecule has 0 amide bonds. The summed E-state index contributed by atoms with van der Waals surface area (Å²) in [7, 11) is 0. The molecule has 0 bridgehead atoms. The summed E-state index contributed by atoms with van der Waals surface area (Å²) in [6.45, 7) is 5.62. The molecule has 1 atom stereocenters. The second-order valence-corrected chi connectivity index (χ2v) is 6.90. The van der Waals surface area contributed by atoms with Gasteiger partial charge in [0, 0.05) is 0 Å². The highest BCUT2D eigenvalue weighted by molar-refractivity contribution is 5.37. The molecule has 3 heteroatoms. The zero-order valence-electron chi connectivity index (χ0n) is 14.1. The first-order valence-electron chi connectivity index (χ1n) is 8.76. The van der Waals surface area contributed by atoms with E-state index in [-0.39, 0.29) is 0 Å². The lowest BCUT2D eigenvalue weighted by atomic mass is 9.90. The normalized spacial score (nSPS) is 17.7. The van der Waals surface area contributed by atoms with Crippen LogP contribution >= 0.6 is 0 Å². The van der Waals surface area contributed by atoms with Gasteiger partial charge in [0.2, 0.25) is 0 Å². The third-order valence-electron chi connectivity index (χ3n) is 4.65. The van der Waals surface area contributed by atoms with Crippen molar-refractivity contribution >= 4 is 0 Å². The van der Waals surface area contributed by atoms with E-state index in [0.717, 1.165) is 17.9 Å². The summed E-state index contributed by atoms with van der Waals surface area (Å²) < 4.78 is 6.06. The molecule has 1 aliphatic carbocycles. The highest BCUT2D eigenvalue weighted by atomic mass is 16.5. The van der Waals surface area contributed by atoms with Crippen molar-refractivity contribution < 1.29 is 9.84 Å². The zero-order chi connectivity index (χ0) is 15.9. The summed E-state index contributed by atoms with van der Waals surface area (Å²) in [6, 6.07) is 6.18. The SMILES string of the molecule is CC(C)c1cc(OCC2CCCCC2)cc(C(O)CCN)c1. The van der Waals surface area contributed by atoms with Crippen molar-refractivity contribution in [3.63, 3.8) is 0 Å². The predicted octanol–water partition coefficient (Wildman–Crippen LogP) is 4.15. The van der Waals surface area contributed by atoms with Gasteiger partial charge < -0.3 is 15.6 Å². The lowest BCUT2D eigenvalue weighted by molar-refractivity contribution is 0.168. The van der Waals surface area contributed by atoms with E-state index < -0.39 is 6.10 Å². The molecule has 0 heterocycles. The van der Waals surface area contributed by atoms with E-state index in [1.54, 1.807) is 0 Å². The van der Waals surface area contributed by atoms with Gasteiger partial charge in [-0.3, -0.25) is 0 Å². The monoisotopic (exact) mass is 305 g/mol. The predicted molar refractivity (Wildman–Crippen MR) is 91.2 cm³/mol. The maximum absolute atomic E-state index is 10.2. The Hall–Kier alpha value is -1.06. The quantitative estimate of drug-likeness (QED) is 0.795. The van der Waals surface area contributed by atoms with E-state index in [4.69, 9.17) is 10.5 Å². The first-order chi connectivity index (χ1) is 10.6. The van der Waals surface area contributed by atoms with Crippen LogP contribution in [0.15, 0.2) is 18.2 Å². The molecule has 0 spiro atoms. The van der Waals surface area contributed by atoms with Crippen LogP contribution in [0.5, 0.6) is 5.75 Å². The Labute approximate surface area is 134 Å². The van der Waals surface area contributed by atoms with Crippen molar-refractivity contribution in [3.05, 3.63) is 29.3 Å². The van der Waals surface area contributed by atoms with Gasteiger partial charge in [-0.2, -0.15) is 0 Å². The van der Waals surface area contributed by atoms with Crippen molar-refractivity contribution in [2.24, 2.45) is 11.7 Å². The average molecular weight is 305 g/mol. The molecule has 2 rings (SSSR count). The van der Waals surface area contributed by atoms with E-state index >= 15 is 0 Å². The first-order valence-corrected chi connectivity index (χ1v) is 8.76. The average Bonchev–Trinajstić information content (AvgIpc) is 2.54. The molecule has 3 nitrogen and oxygen atoms in total. The fraction of sp³-hybridized carbons (Fsp3) is 0.684. The Morgan fingerprint density at radius 3 is 2.45 bits per heavy atom. The van der Waals surface area contributed by atoms with Crippen LogP contribution in [-0.4, -0.2) is 18.3 Å². The molecule has 0 aliphatic heterocycles. The summed E-state index contributed by atoms with van der Waals surface area (Å²) >= 11 is 0. The van der Waals surface area contributed by atoms with Crippen molar-refractivity contribution in [2.45, 2.75) is 64.4 Å². The minimum Gasteiger partial charge on any atom is -0.493 e. The Morgan fingerprint density at radius 1 is 1.14 bits per heavy atom. The smallest absolute Gasteiger partial charge is 0.119 e. The van der Waals surface area contributed by atoms with Crippen LogP contribution in [0.1, 0.15) is 75.5 Å². The largest absolute Gasteiger partial charge is 0.493 e. The second kappa shape index (κ2) is 8.54. The zero-order valence-corrected chi connectivity index (χ0v) is 14.1. The number of ether oxygens (including phenoxy) is 1. The molecule has 22 heavy (non-hydrogen) atoms. The van der Waals surface area contributed by atoms with Crippen LogP contribution in [0, 0.1) is 5.92 Å². The van der Waals surface area contributed by atoms with Crippen molar-refractivity contribution in [1.29, 1.82) is 0 Å². The van der Waals surface area contributed by atoms with Gasteiger partial charge in [0.1, 0.15) is 5.75 Å². The molecular weight excluding hydrogens is 274 g/mol.